The van der Waals surface area contributed by atoms with Gasteiger partial charge in [-0.05, 0) is 35.4 Å². The highest BCUT2D eigenvalue weighted by Crippen LogP contribution is 2.34. The number of aromatic nitrogens is 7. The second-order valence-electron chi connectivity index (χ2n) is 10.3. The molecule has 11 heteroatoms. The number of thiophene rings is 1. The molecule has 0 spiro atoms. The van der Waals surface area contributed by atoms with Crippen LogP contribution in [0.1, 0.15) is 27.2 Å². The molecule has 0 aliphatic heterocycles. The maximum absolute atomic E-state index is 16.0. The molecule has 0 aliphatic rings. The number of aliphatic hydroxyl groups excluding tert-OH is 1. The van der Waals surface area contributed by atoms with E-state index in [-0.39, 0.29) is 16.5 Å². The molecule has 0 bridgehead atoms. The molecule has 6 heterocycles. The zero-order valence-corrected chi connectivity index (χ0v) is 21.8. The number of nitrogens with zero attached hydrogens (tertiary/aromatic N) is 5. The summed E-state index contributed by atoms with van der Waals surface area (Å²) in [6.07, 6.45) is 6.15. The number of anilines is 1. The Morgan fingerprint density at radius 3 is 2.71 bits per heavy atom. The van der Waals surface area contributed by atoms with Gasteiger partial charge in [-0.2, -0.15) is 16.4 Å². The zero-order valence-electron chi connectivity index (χ0n) is 21.0. The molecule has 1 unspecified atom stereocenters. The fourth-order valence-electron chi connectivity index (χ4n) is 4.48. The number of halogens is 1. The normalized spacial score (nSPS) is 12.9. The molecule has 6 rings (SSSR count). The van der Waals surface area contributed by atoms with Crippen LogP contribution in [0.15, 0.2) is 53.7 Å². The summed E-state index contributed by atoms with van der Waals surface area (Å²) in [6, 6.07) is 5.54. The molecule has 0 fully saturated rings. The summed E-state index contributed by atoms with van der Waals surface area (Å²) < 4.78 is 16.0. The molecule has 0 aromatic carbocycles. The van der Waals surface area contributed by atoms with Crippen molar-refractivity contribution in [1.29, 1.82) is 0 Å². The maximum atomic E-state index is 16.0. The van der Waals surface area contributed by atoms with Crippen molar-refractivity contribution in [3.63, 3.8) is 0 Å². The standard InChI is InChI=1S/C27H25FN8OS/c1-27(2,3)9-19(37)32-16-8-15(10-29-11-16)22-21(28)20-18(12-31-22)35-36-25(20)26-33-17-4-6-30-23(24(17)34-26)14-5-7-38-13-14/h4-8,10-13,19,32,37H,9H2,1-3H3,(H,33,34)(H,35,36). The lowest BCUT2D eigenvalue weighted by Crippen LogP contribution is -2.25. The second kappa shape index (κ2) is 9.26. The Bertz CT molecular complexity index is 1750. The first-order valence-electron chi connectivity index (χ1n) is 12.1. The van der Waals surface area contributed by atoms with Gasteiger partial charge in [0, 0.05) is 28.9 Å². The fraction of sp³-hybridized carbons (Fsp3) is 0.222. The smallest absolute Gasteiger partial charge is 0.161 e. The quantitative estimate of drug-likeness (QED) is 0.195. The van der Waals surface area contributed by atoms with Crippen LogP contribution in [0.5, 0.6) is 0 Å². The van der Waals surface area contributed by atoms with Crippen molar-refractivity contribution < 1.29 is 9.50 Å². The third-order valence-corrected chi connectivity index (χ3v) is 6.80. The van der Waals surface area contributed by atoms with Crippen molar-refractivity contribution in [1.82, 2.24) is 35.1 Å². The highest BCUT2D eigenvalue weighted by Gasteiger charge is 2.22. The lowest BCUT2D eigenvalue weighted by atomic mass is 9.91. The number of imidazole rings is 1. The van der Waals surface area contributed by atoms with Gasteiger partial charge in [-0.1, -0.05) is 20.8 Å². The number of hydrogen-bond acceptors (Lipinski definition) is 8. The van der Waals surface area contributed by atoms with Gasteiger partial charge in [-0.15, -0.1) is 0 Å². The molecule has 9 nitrogen and oxygen atoms in total. The summed E-state index contributed by atoms with van der Waals surface area (Å²) >= 11 is 1.58. The summed E-state index contributed by atoms with van der Waals surface area (Å²) in [5.74, 6) is -0.122. The molecule has 6 aromatic heterocycles. The van der Waals surface area contributed by atoms with E-state index in [1.807, 2.05) is 43.7 Å². The van der Waals surface area contributed by atoms with Crippen molar-refractivity contribution >= 4 is 39.0 Å². The van der Waals surface area contributed by atoms with Gasteiger partial charge in [0.15, 0.2) is 11.6 Å². The lowest BCUT2D eigenvalue weighted by molar-refractivity contribution is 0.145. The predicted molar refractivity (Wildman–Crippen MR) is 147 cm³/mol. The molecule has 1 atom stereocenters. The largest absolute Gasteiger partial charge is 0.374 e. The molecule has 0 amide bonds. The van der Waals surface area contributed by atoms with Crippen molar-refractivity contribution in [2.75, 3.05) is 5.32 Å². The van der Waals surface area contributed by atoms with Crippen molar-refractivity contribution in [2.24, 2.45) is 5.41 Å². The number of H-pyrrole nitrogens is 2. The van der Waals surface area contributed by atoms with E-state index in [1.54, 1.807) is 36.0 Å². The highest BCUT2D eigenvalue weighted by atomic mass is 32.1. The Morgan fingerprint density at radius 1 is 1.05 bits per heavy atom. The summed E-state index contributed by atoms with van der Waals surface area (Å²) in [6.45, 7) is 6.14. The number of pyridine rings is 3. The Kier molecular flexibility index (Phi) is 5.88. The average Bonchev–Trinajstić information content (AvgIpc) is 3.62. The van der Waals surface area contributed by atoms with Gasteiger partial charge < -0.3 is 15.4 Å². The van der Waals surface area contributed by atoms with E-state index in [1.165, 1.54) is 6.20 Å². The van der Waals surface area contributed by atoms with E-state index in [9.17, 15) is 5.11 Å². The summed E-state index contributed by atoms with van der Waals surface area (Å²) in [5.41, 5.74) is 5.06. The van der Waals surface area contributed by atoms with Gasteiger partial charge in [0.2, 0.25) is 0 Å². The van der Waals surface area contributed by atoms with Crippen LogP contribution in [-0.2, 0) is 0 Å². The third kappa shape index (κ3) is 4.50. The van der Waals surface area contributed by atoms with Crippen LogP contribution in [0.25, 0.3) is 56.0 Å². The van der Waals surface area contributed by atoms with Crippen LogP contribution in [0.3, 0.4) is 0 Å². The second-order valence-corrected chi connectivity index (χ2v) is 11.1. The number of fused-ring (bicyclic) bond motifs is 2. The van der Waals surface area contributed by atoms with Crippen LogP contribution in [0, 0.1) is 11.2 Å². The Morgan fingerprint density at radius 2 is 1.92 bits per heavy atom. The van der Waals surface area contributed by atoms with Gasteiger partial charge in [0.1, 0.15) is 23.1 Å². The number of nitrogens with one attached hydrogen (secondary N) is 3. The van der Waals surface area contributed by atoms with Crippen LogP contribution >= 0.6 is 11.3 Å². The first-order chi connectivity index (χ1) is 18.3. The van der Waals surface area contributed by atoms with E-state index >= 15 is 4.39 Å². The molecule has 0 radical (unpaired) electrons. The molecular formula is C27H25FN8OS. The van der Waals surface area contributed by atoms with Crippen LogP contribution < -0.4 is 5.32 Å². The summed E-state index contributed by atoms with van der Waals surface area (Å²) in [7, 11) is 0. The van der Waals surface area contributed by atoms with E-state index in [0.717, 1.165) is 16.8 Å². The minimum Gasteiger partial charge on any atom is -0.374 e. The first-order valence-corrected chi connectivity index (χ1v) is 13.0. The highest BCUT2D eigenvalue weighted by molar-refractivity contribution is 7.08. The lowest BCUT2D eigenvalue weighted by Gasteiger charge is -2.23. The van der Waals surface area contributed by atoms with E-state index in [0.29, 0.717) is 40.2 Å². The molecule has 4 N–H and O–H groups in total. The Labute approximate surface area is 221 Å². The van der Waals surface area contributed by atoms with Gasteiger partial charge in [0.25, 0.3) is 0 Å². The summed E-state index contributed by atoms with van der Waals surface area (Å²) in [4.78, 5) is 21.1. The fourth-order valence-corrected chi connectivity index (χ4v) is 5.12. The molecule has 0 saturated heterocycles. The van der Waals surface area contributed by atoms with Crippen molar-refractivity contribution in [2.45, 2.75) is 33.4 Å². The monoisotopic (exact) mass is 528 g/mol. The number of rotatable bonds is 6. The average molecular weight is 529 g/mol. The number of aromatic amines is 2. The van der Waals surface area contributed by atoms with Gasteiger partial charge in [0.05, 0.1) is 40.2 Å². The van der Waals surface area contributed by atoms with Gasteiger partial charge in [-0.3, -0.25) is 20.1 Å². The minimum absolute atomic E-state index is 0.0645. The van der Waals surface area contributed by atoms with Gasteiger partial charge >= 0.3 is 0 Å². The third-order valence-electron chi connectivity index (χ3n) is 6.11. The van der Waals surface area contributed by atoms with E-state index in [4.69, 9.17) is 4.98 Å². The van der Waals surface area contributed by atoms with Crippen LogP contribution in [0.2, 0.25) is 0 Å². The topological polar surface area (TPSA) is 128 Å². The minimum atomic E-state index is -0.769. The molecule has 6 aromatic rings. The Hall–Kier alpha value is -4.22. The van der Waals surface area contributed by atoms with Crippen LogP contribution in [-0.4, -0.2) is 46.5 Å². The van der Waals surface area contributed by atoms with Gasteiger partial charge in [-0.25, -0.2) is 9.37 Å². The first kappa shape index (κ1) is 24.1. The Balaban J connectivity index is 1.40. The molecular weight excluding hydrogens is 503 g/mol. The zero-order chi connectivity index (χ0) is 26.4. The molecule has 38 heavy (non-hydrogen) atoms. The SMILES string of the molecule is CC(C)(C)CC(O)Nc1cncc(-c2ncc3[nH]nc(-c4nc5c(-c6ccsc6)nccc5[nH]4)c3c2F)c1. The number of hydrogen-bond donors (Lipinski definition) is 4. The van der Waals surface area contributed by atoms with Crippen molar-refractivity contribution in [3.05, 3.63) is 59.6 Å². The van der Waals surface area contributed by atoms with E-state index < -0.39 is 12.0 Å². The predicted octanol–water partition coefficient (Wildman–Crippen LogP) is 5.99. The molecule has 192 valence electrons. The summed E-state index contributed by atoms with van der Waals surface area (Å²) in [5, 5.41) is 24.9. The van der Waals surface area contributed by atoms with E-state index in [2.05, 4.69) is 35.5 Å². The molecule has 0 saturated carbocycles. The number of aliphatic hydroxyl groups is 1. The van der Waals surface area contributed by atoms with Crippen LogP contribution in [0.4, 0.5) is 10.1 Å². The van der Waals surface area contributed by atoms with Crippen molar-refractivity contribution in [3.8, 4) is 34.0 Å². The maximum Gasteiger partial charge on any atom is 0.161 e. The molecule has 0 aliphatic carbocycles.